The van der Waals surface area contributed by atoms with Crippen molar-refractivity contribution in [3.8, 4) is 5.82 Å². The number of amides is 3. The highest BCUT2D eigenvalue weighted by molar-refractivity contribution is 7.98. The van der Waals surface area contributed by atoms with E-state index in [9.17, 15) is 14.4 Å². The van der Waals surface area contributed by atoms with E-state index >= 15 is 0 Å². The third kappa shape index (κ3) is 6.35. The van der Waals surface area contributed by atoms with Gasteiger partial charge in [-0.1, -0.05) is 35.0 Å². The highest BCUT2D eigenvalue weighted by Crippen LogP contribution is 2.27. The Morgan fingerprint density at radius 3 is 2.58 bits per heavy atom. The maximum Gasteiger partial charge on any atom is 0.428 e. The van der Waals surface area contributed by atoms with Gasteiger partial charge in [0.05, 0.1) is 35.6 Å². The van der Waals surface area contributed by atoms with Crippen molar-refractivity contribution in [2.24, 2.45) is 0 Å². The van der Waals surface area contributed by atoms with Crippen LogP contribution in [0.5, 0.6) is 0 Å². The van der Waals surface area contributed by atoms with Gasteiger partial charge in [-0.05, 0) is 49.1 Å². The lowest BCUT2D eigenvalue weighted by Gasteiger charge is -2.19. The lowest BCUT2D eigenvalue weighted by molar-refractivity contribution is 0.0767. The molecule has 208 valence electrons. The fourth-order valence-corrected chi connectivity index (χ4v) is 4.45. The second-order valence-electron chi connectivity index (χ2n) is 8.24. The molecule has 0 radical (unpaired) electrons. The number of benzene rings is 1. The van der Waals surface area contributed by atoms with Gasteiger partial charge in [-0.25, -0.2) is 29.1 Å². The van der Waals surface area contributed by atoms with Gasteiger partial charge in [0.2, 0.25) is 5.16 Å². The quantitative estimate of drug-likeness (QED) is 0.237. The number of anilines is 1. The number of rotatable bonds is 7. The molecule has 3 heterocycles. The summed E-state index contributed by atoms with van der Waals surface area (Å²) < 4.78 is 7.51. The van der Waals surface area contributed by atoms with Gasteiger partial charge in [0.25, 0.3) is 11.8 Å². The van der Waals surface area contributed by atoms with E-state index in [0.29, 0.717) is 16.4 Å². The van der Waals surface area contributed by atoms with Crippen LogP contribution in [0.4, 0.5) is 10.5 Å². The summed E-state index contributed by atoms with van der Waals surface area (Å²) in [5.74, 6) is -1.08. The van der Waals surface area contributed by atoms with Crippen LogP contribution in [0.2, 0.25) is 10.0 Å². The standard InChI is InChI=1S/C24H23Cl2N9O4S/c1-13-8-14(25)9-16(21(36)31-33(2)24(38)39-3)19(13)29-22(37)18-10-15(11-34-12-28-23(32-34)40-4)30-35(18)20-17(26)6-5-7-27-20/h5-10,12H,11H2,1-4H3,(H,29,37)(H,31,36). The Hall–Kier alpha value is -4.14. The lowest BCUT2D eigenvalue weighted by atomic mass is 10.1. The summed E-state index contributed by atoms with van der Waals surface area (Å²) in [4.78, 5) is 47.0. The predicted molar refractivity (Wildman–Crippen MR) is 149 cm³/mol. The molecule has 0 saturated heterocycles. The zero-order valence-electron chi connectivity index (χ0n) is 21.7. The number of aromatic nitrogens is 6. The maximum absolute atomic E-state index is 13.7. The van der Waals surface area contributed by atoms with E-state index in [4.69, 9.17) is 23.2 Å². The normalized spacial score (nSPS) is 10.8. The molecule has 0 unspecified atom stereocenters. The van der Waals surface area contributed by atoms with Crippen molar-refractivity contribution in [2.45, 2.75) is 18.6 Å². The Kier molecular flexibility index (Phi) is 8.92. The van der Waals surface area contributed by atoms with Gasteiger partial charge in [0, 0.05) is 18.3 Å². The Bertz CT molecular complexity index is 1590. The molecule has 4 aromatic rings. The molecule has 13 nitrogen and oxygen atoms in total. The van der Waals surface area contributed by atoms with Gasteiger partial charge in [0.15, 0.2) is 5.82 Å². The van der Waals surface area contributed by atoms with Crippen LogP contribution in [-0.4, -0.2) is 72.9 Å². The first-order valence-electron chi connectivity index (χ1n) is 11.5. The van der Waals surface area contributed by atoms with Crippen LogP contribution >= 0.6 is 35.0 Å². The van der Waals surface area contributed by atoms with Crippen LogP contribution < -0.4 is 10.7 Å². The zero-order valence-corrected chi connectivity index (χ0v) is 24.0. The van der Waals surface area contributed by atoms with E-state index in [-0.39, 0.29) is 39.4 Å². The van der Waals surface area contributed by atoms with Crippen LogP contribution in [0.1, 0.15) is 32.1 Å². The van der Waals surface area contributed by atoms with Gasteiger partial charge in [-0.2, -0.15) is 5.10 Å². The molecule has 0 saturated carbocycles. The highest BCUT2D eigenvalue weighted by atomic mass is 35.5. The summed E-state index contributed by atoms with van der Waals surface area (Å²) in [5, 5.41) is 13.6. The van der Waals surface area contributed by atoms with E-state index in [1.807, 2.05) is 6.26 Å². The minimum Gasteiger partial charge on any atom is -0.452 e. The van der Waals surface area contributed by atoms with E-state index in [1.54, 1.807) is 42.2 Å². The molecule has 0 aliphatic carbocycles. The second kappa shape index (κ2) is 12.4. The summed E-state index contributed by atoms with van der Waals surface area (Å²) in [5.41, 5.74) is 3.65. The number of aryl methyl sites for hydroxylation is 1. The van der Waals surface area contributed by atoms with Crippen molar-refractivity contribution in [3.63, 3.8) is 0 Å². The van der Waals surface area contributed by atoms with Gasteiger partial charge in [0.1, 0.15) is 12.0 Å². The maximum atomic E-state index is 13.7. The summed E-state index contributed by atoms with van der Waals surface area (Å²) >= 11 is 14.0. The molecule has 3 aromatic heterocycles. The number of ether oxygens (including phenoxy) is 1. The largest absolute Gasteiger partial charge is 0.452 e. The van der Waals surface area contributed by atoms with E-state index in [2.05, 4.69) is 35.6 Å². The monoisotopic (exact) mass is 603 g/mol. The number of methoxy groups -OCH3 is 1. The van der Waals surface area contributed by atoms with E-state index < -0.39 is 17.9 Å². The van der Waals surface area contributed by atoms with Crippen molar-refractivity contribution < 1.29 is 19.1 Å². The number of carbonyl (C=O) groups is 3. The predicted octanol–water partition coefficient (Wildman–Crippen LogP) is 3.84. The number of hydrazine groups is 1. The van der Waals surface area contributed by atoms with Gasteiger partial charge >= 0.3 is 6.09 Å². The SMILES string of the molecule is COC(=O)N(C)NC(=O)c1cc(Cl)cc(C)c1NC(=O)c1cc(Cn2cnc(SC)n2)nn1-c1ncccc1Cl. The molecule has 40 heavy (non-hydrogen) atoms. The van der Waals surface area contributed by atoms with Crippen molar-refractivity contribution >= 4 is 58.6 Å². The molecule has 16 heteroatoms. The third-order valence-electron chi connectivity index (χ3n) is 5.46. The number of halogens is 2. The Morgan fingerprint density at radius 2 is 1.90 bits per heavy atom. The Morgan fingerprint density at radius 1 is 1.12 bits per heavy atom. The van der Waals surface area contributed by atoms with Crippen LogP contribution in [0.3, 0.4) is 0 Å². The molecular weight excluding hydrogens is 581 g/mol. The number of nitrogens with zero attached hydrogens (tertiary/aromatic N) is 7. The fraction of sp³-hybridized carbons (Fsp3) is 0.208. The summed E-state index contributed by atoms with van der Waals surface area (Å²) in [6, 6.07) is 7.81. The minimum absolute atomic E-state index is 0.0171. The molecule has 0 atom stereocenters. The van der Waals surface area contributed by atoms with Gasteiger partial charge in [-0.3, -0.25) is 15.0 Å². The number of pyridine rings is 1. The van der Waals surface area contributed by atoms with Crippen LogP contribution in [0.25, 0.3) is 5.82 Å². The molecule has 0 aliphatic heterocycles. The minimum atomic E-state index is -0.793. The topological polar surface area (TPSA) is 149 Å². The fourth-order valence-electron chi connectivity index (χ4n) is 3.64. The second-order valence-corrected chi connectivity index (χ2v) is 9.86. The molecule has 0 aliphatic rings. The number of hydrogen-bond donors (Lipinski definition) is 2. The van der Waals surface area contributed by atoms with Crippen molar-refractivity contribution in [3.05, 3.63) is 75.4 Å². The van der Waals surface area contributed by atoms with Crippen molar-refractivity contribution in [1.82, 2.24) is 40.0 Å². The number of nitrogens with one attached hydrogen (secondary N) is 2. The number of thioether (sulfide) groups is 1. The zero-order chi connectivity index (χ0) is 29.0. The summed E-state index contributed by atoms with van der Waals surface area (Å²) in [6.45, 7) is 1.90. The Labute approximate surface area is 242 Å². The molecule has 3 amide bonds. The molecule has 0 fully saturated rings. The van der Waals surface area contributed by atoms with Crippen molar-refractivity contribution in [1.29, 1.82) is 0 Å². The van der Waals surface area contributed by atoms with Crippen molar-refractivity contribution in [2.75, 3.05) is 25.7 Å². The Balaban J connectivity index is 1.72. The molecule has 4 rings (SSSR count). The van der Waals surface area contributed by atoms with Gasteiger partial charge < -0.3 is 10.1 Å². The van der Waals surface area contributed by atoms with Gasteiger partial charge in [-0.15, -0.1) is 5.10 Å². The molecular formula is C24H23Cl2N9O4S. The van der Waals surface area contributed by atoms with Crippen LogP contribution in [0.15, 0.2) is 48.0 Å². The van der Waals surface area contributed by atoms with Crippen LogP contribution in [-0.2, 0) is 11.3 Å². The highest BCUT2D eigenvalue weighted by Gasteiger charge is 2.24. The lowest BCUT2D eigenvalue weighted by Crippen LogP contribution is -2.43. The van der Waals surface area contributed by atoms with E-state index in [0.717, 1.165) is 5.01 Å². The first-order chi connectivity index (χ1) is 19.1. The van der Waals surface area contributed by atoms with Crippen LogP contribution in [0, 0.1) is 6.92 Å². The first kappa shape index (κ1) is 28.9. The third-order valence-corrected chi connectivity index (χ3v) is 6.52. The molecule has 0 spiro atoms. The summed E-state index contributed by atoms with van der Waals surface area (Å²) in [7, 11) is 2.49. The van der Waals surface area contributed by atoms with E-state index in [1.165, 1.54) is 42.9 Å². The molecule has 0 bridgehead atoms. The average molecular weight is 604 g/mol. The number of carbonyl (C=O) groups excluding carboxylic acids is 3. The smallest absolute Gasteiger partial charge is 0.428 e. The first-order valence-corrected chi connectivity index (χ1v) is 13.5. The molecule has 2 N–H and O–H groups in total. The number of hydrogen-bond acceptors (Lipinski definition) is 9. The molecule has 1 aromatic carbocycles. The summed E-state index contributed by atoms with van der Waals surface area (Å²) in [6.07, 6.45) is 4.15. The average Bonchev–Trinajstić information content (AvgIpc) is 3.56.